The molecule has 0 spiro atoms. The van der Waals surface area contributed by atoms with Crippen molar-refractivity contribution in [3.8, 4) is 0 Å². The smallest absolute Gasteiger partial charge is 0.221 e. The molecular formula is C18H26N2O2S. The summed E-state index contributed by atoms with van der Waals surface area (Å²) < 4.78 is 5.55. The number of rotatable bonds is 5. The van der Waals surface area contributed by atoms with Crippen molar-refractivity contribution in [2.45, 2.75) is 30.7 Å². The van der Waals surface area contributed by atoms with Crippen LogP contribution in [-0.2, 0) is 14.9 Å². The molecule has 0 aromatic heterocycles. The lowest BCUT2D eigenvalue weighted by Crippen LogP contribution is -2.47. The largest absolute Gasteiger partial charge is 0.381 e. The van der Waals surface area contributed by atoms with Gasteiger partial charge in [0.25, 0.3) is 0 Å². The van der Waals surface area contributed by atoms with E-state index >= 15 is 0 Å². The molecule has 2 heterocycles. The van der Waals surface area contributed by atoms with Gasteiger partial charge >= 0.3 is 0 Å². The Morgan fingerprint density at radius 3 is 2.78 bits per heavy atom. The van der Waals surface area contributed by atoms with Crippen LogP contribution < -0.4 is 10.6 Å². The summed E-state index contributed by atoms with van der Waals surface area (Å²) in [5, 5.41) is 6.62. The highest BCUT2D eigenvalue weighted by Gasteiger charge is 2.34. The minimum absolute atomic E-state index is 0.0178. The fraction of sp³-hybridized carbons (Fsp3) is 0.611. The second-order valence-electron chi connectivity index (χ2n) is 6.47. The van der Waals surface area contributed by atoms with Crippen molar-refractivity contribution >= 4 is 17.7 Å². The fourth-order valence-corrected chi connectivity index (χ4v) is 4.39. The number of nitrogens with one attached hydrogen (secondary N) is 2. The molecule has 1 unspecified atom stereocenters. The summed E-state index contributed by atoms with van der Waals surface area (Å²) in [7, 11) is 0. The number of carbonyl (C=O) groups is 1. The number of carbonyl (C=O) groups excluding carboxylic acids is 1. The molecule has 0 saturated carbocycles. The van der Waals surface area contributed by atoms with Crippen LogP contribution in [0.25, 0.3) is 0 Å². The van der Waals surface area contributed by atoms with Gasteiger partial charge in [-0.3, -0.25) is 4.79 Å². The molecule has 1 aromatic carbocycles. The number of amides is 1. The number of hydrogen-bond acceptors (Lipinski definition) is 4. The molecule has 0 bridgehead atoms. The van der Waals surface area contributed by atoms with E-state index in [-0.39, 0.29) is 11.3 Å². The maximum absolute atomic E-state index is 12.3. The first-order valence-electron chi connectivity index (χ1n) is 8.50. The van der Waals surface area contributed by atoms with Gasteiger partial charge in [-0.25, -0.2) is 0 Å². The normalized spacial score (nSPS) is 24.1. The van der Waals surface area contributed by atoms with E-state index in [2.05, 4.69) is 34.9 Å². The molecule has 0 radical (unpaired) electrons. The van der Waals surface area contributed by atoms with E-state index < -0.39 is 0 Å². The number of ether oxygens (including phenoxy) is 1. The van der Waals surface area contributed by atoms with Crippen LogP contribution in [-0.4, -0.2) is 49.8 Å². The van der Waals surface area contributed by atoms with Crippen LogP contribution in [0.1, 0.15) is 24.8 Å². The summed E-state index contributed by atoms with van der Waals surface area (Å²) in [6, 6.07) is 10.9. The van der Waals surface area contributed by atoms with Crippen LogP contribution in [0.15, 0.2) is 30.3 Å². The summed E-state index contributed by atoms with van der Waals surface area (Å²) in [5.74, 6) is 2.34. The Morgan fingerprint density at radius 2 is 2.09 bits per heavy atom. The van der Waals surface area contributed by atoms with Gasteiger partial charge in [0, 0.05) is 55.7 Å². The van der Waals surface area contributed by atoms with Crippen molar-refractivity contribution in [1.82, 2.24) is 10.6 Å². The van der Waals surface area contributed by atoms with E-state index in [4.69, 9.17) is 4.74 Å². The van der Waals surface area contributed by atoms with Crippen LogP contribution in [0, 0.1) is 0 Å². The van der Waals surface area contributed by atoms with Crippen LogP contribution in [0.3, 0.4) is 0 Å². The zero-order chi connectivity index (χ0) is 16.0. The molecule has 1 aromatic rings. The molecule has 23 heavy (non-hydrogen) atoms. The van der Waals surface area contributed by atoms with Gasteiger partial charge in [0.2, 0.25) is 5.91 Å². The Kier molecular flexibility index (Phi) is 5.97. The Morgan fingerprint density at radius 1 is 1.30 bits per heavy atom. The molecule has 2 aliphatic rings. The maximum Gasteiger partial charge on any atom is 0.221 e. The highest BCUT2D eigenvalue weighted by Crippen LogP contribution is 2.34. The van der Waals surface area contributed by atoms with Crippen molar-refractivity contribution < 1.29 is 9.53 Å². The number of thioether (sulfide) groups is 1. The lowest BCUT2D eigenvalue weighted by Gasteiger charge is -2.38. The predicted octanol–water partition coefficient (Wildman–Crippen LogP) is 1.95. The molecule has 2 N–H and O–H groups in total. The van der Waals surface area contributed by atoms with E-state index in [9.17, 15) is 4.79 Å². The average molecular weight is 334 g/mol. The first kappa shape index (κ1) is 16.8. The molecule has 1 amide bonds. The molecular weight excluding hydrogens is 308 g/mol. The van der Waals surface area contributed by atoms with Gasteiger partial charge in [-0.05, 0) is 18.4 Å². The molecule has 2 aliphatic heterocycles. The quantitative estimate of drug-likeness (QED) is 0.864. The van der Waals surface area contributed by atoms with Crippen molar-refractivity contribution in [3.05, 3.63) is 35.9 Å². The van der Waals surface area contributed by atoms with Crippen molar-refractivity contribution in [3.63, 3.8) is 0 Å². The van der Waals surface area contributed by atoms with E-state index in [1.807, 2.05) is 17.8 Å². The second kappa shape index (κ2) is 8.18. The van der Waals surface area contributed by atoms with Gasteiger partial charge in [-0.2, -0.15) is 11.8 Å². The monoisotopic (exact) mass is 334 g/mol. The first-order chi connectivity index (χ1) is 11.3. The third-order valence-corrected chi connectivity index (χ3v) is 6.02. The van der Waals surface area contributed by atoms with Gasteiger partial charge in [-0.1, -0.05) is 30.3 Å². The highest BCUT2D eigenvalue weighted by molar-refractivity contribution is 7.99. The molecule has 126 valence electrons. The SMILES string of the molecule is O=C(CC1CSCCN1)NCC1(c2ccccc2)CCOCC1. The highest BCUT2D eigenvalue weighted by atomic mass is 32.2. The van der Waals surface area contributed by atoms with Gasteiger partial charge in [0.15, 0.2) is 0 Å². The maximum atomic E-state index is 12.3. The van der Waals surface area contributed by atoms with E-state index in [0.29, 0.717) is 19.0 Å². The van der Waals surface area contributed by atoms with E-state index in [1.54, 1.807) is 0 Å². The summed E-state index contributed by atoms with van der Waals surface area (Å²) in [6.45, 7) is 3.25. The Bertz CT molecular complexity index is 497. The molecule has 5 heteroatoms. The summed E-state index contributed by atoms with van der Waals surface area (Å²) >= 11 is 1.93. The standard InChI is InChI=1S/C18H26N2O2S/c21-17(12-16-13-23-11-8-19-16)20-14-18(6-9-22-10-7-18)15-4-2-1-3-5-15/h1-5,16,19H,6-14H2,(H,20,21). The van der Waals surface area contributed by atoms with Crippen LogP contribution in [0.4, 0.5) is 0 Å². The topological polar surface area (TPSA) is 50.4 Å². The Labute approximate surface area is 142 Å². The van der Waals surface area contributed by atoms with Gasteiger partial charge < -0.3 is 15.4 Å². The first-order valence-corrected chi connectivity index (χ1v) is 9.65. The third kappa shape index (κ3) is 4.49. The second-order valence-corrected chi connectivity index (χ2v) is 7.62. The van der Waals surface area contributed by atoms with Gasteiger partial charge in [-0.15, -0.1) is 0 Å². The molecule has 4 nitrogen and oxygen atoms in total. The van der Waals surface area contributed by atoms with Crippen molar-refractivity contribution in [2.75, 3.05) is 37.8 Å². The van der Waals surface area contributed by atoms with Crippen LogP contribution in [0.2, 0.25) is 0 Å². The molecule has 1 atom stereocenters. The summed E-state index contributed by atoms with van der Waals surface area (Å²) in [6.07, 6.45) is 2.51. The van der Waals surface area contributed by atoms with Gasteiger partial charge in [0.1, 0.15) is 0 Å². The van der Waals surface area contributed by atoms with Gasteiger partial charge in [0.05, 0.1) is 0 Å². The molecule has 0 aliphatic carbocycles. The predicted molar refractivity (Wildman–Crippen MR) is 94.9 cm³/mol. The summed E-state index contributed by atoms with van der Waals surface area (Å²) in [4.78, 5) is 12.3. The Balaban J connectivity index is 1.59. The Hall–Kier alpha value is -1.04. The van der Waals surface area contributed by atoms with Crippen molar-refractivity contribution in [2.24, 2.45) is 0 Å². The molecule has 2 saturated heterocycles. The van der Waals surface area contributed by atoms with E-state index in [0.717, 1.165) is 44.1 Å². The minimum atomic E-state index is 0.0178. The summed E-state index contributed by atoms with van der Waals surface area (Å²) in [5.41, 5.74) is 1.33. The molecule has 3 rings (SSSR count). The minimum Gasteiger partial charge on any atom is -0.381 e. The lowest BCUT2D eigenvalue weighted by molar-refractivity contribution is -0.122. The third-order valence-electron chi connectivity index (χ3n) is 4.89. The van der Waals surface area contributed by atoms with Crippen molar-refractivity contribution in [1.29, 1.82) is 0 Å². The number of hydrogen-bond donors (Lipinski definition) is 2. The zero-order valence-electron chi connectivity index (χ0n) is 13.6. The average Bonchev–Trinajstić information content (AvgIpc) is 2.62. The van der Waals surface area contributed by atoms with Crippen LogP contribution >= 0.6 is 11.8 Å². The lowest BCUT2D eigenvalue weighted by atomic mass is 9.74. The molecule has 2 fully saturated rings. The number of benzene rings is 1. The van der Waals surface area contributed by atoms with E-state index in [1.165, 1.54) is 5.56 Å². The van der Waals surface area contributed by atoms with Crippen LogP contribution in [0.5, 0.6) is 0 Å². The zero-order valence-corrected chi connectivity index (χ0v) is 14.4. The fourth-order valence-electron chi connectivity index (χ4n) is 3.44.